The number of pyridine rings is 1. The zero-order valence-corrected chi connectivity index (χ0v) is 20.9. The van der Waals surface area contributed by atoms with E-state index in [4.69, 9.17) is 10.6 Å². The summed E-state index contributed by atoms with van der Waals surface area (Å²) in [5, 5.41) is 14.2. The number of aromatic nitrogens is 3. The maximum Gasteiger partial charge on any atom is 0.433 e. The van der Waals surface area contributed by atoms with E-state index in [1.54, 1.807) is 6.07 Å². The lowest BCUT2D eigenvalue weighted by molar-refractivity contribution is -0.141. The predicted octanol–water partition coefficient (Wildman–Crippen LogP) is 4.02. The molecule has 1 aliphatic carbocycles. The largest absolute Gasteiger partial charge is 0.433 e. The average Bonchev–Trinajstić information content (AvgIpc) is 3.24. The quantitative estimate of drug-likeness (QED) is 0.138. The van der Waals surface area contributed by atoms with Crippen molar-refractivity contribution in [1.29, 1.82) is 0 Å². The fourth-order valence-electron chi connectivity index (χ4n) is 4.96. The molecule has 3 heterocycles. The molecule has 1 aliphatic heterocycles. The molecule has 2 fully saturated rings. The Labute approximate surface area is 215 Å². The average molecular weight is 538 g/mol. The molecular formula is C25H28F5N7O. The number of rotatable bonds is 7. The number of hydrazone groups is 1. The summed E-state index contributed by atoms with van der Waals surface area (Å²) in [6.45, 7) is 0.792. The van der Waals surface area contributed by atoms with Crippen molar-refractivity contribution >= 4 is 16.7 Å². The van der Waals surface area contributed by atoms with Crippen LogP contribution in [0.15, 0.2) is 35.4 Å². The standard InChI is InChI=1S/C25H28F5N7O/c1-37(2)20(34-31)10-23(12-38-13-23)15-5-3-4-14(6-15)21-17-7-19(25(28,29)30)33-18(22(17)36-35-21)11-32-16-8-24(26,27)9-16/h3-7,16,32H,8-13,31H2,1-2H3,(H,35,36)/b34-20-. The highest BCUT2D eigenvalue weighted by Crippen LogP contribution is 2.40. The van der Waals surface area contributed by atoms with Gasteiger partial charge in [-0.3, -0.25) is 5.10 Å². The van der Waals surface area contributed by atoms with Gasteiger partial charge in [0.1, 0.15) is 17.2 Å². The second kappa shape index (κ2) is 9.45. The lowest BCUT2D eigenvalue weighted by Gasteiger charge is -2.43. The Morgan fingerprint density at radius 1 is 1.24 bits per heavy atom. The Morgan fingerprint density at radius 2 is 1.97 bits per heavy atom. The van der Waals surface area contributed by atoms with Gasteiger partial charge < -0.3 is 20.8 Å². The van der Waals surface area contributed by atoms with Gasteiger partial charge in [0.15, 0.2) is 0 Å². The molecule has 1 saturated carbocycles. The summed E-state index contributed by atoms with van der Waals surface area (Å²) in [6.07, 6.45) is -4.88. The molecule has 2 aromatic heterocycles. The summed E-state index contributed by atoms with van der Waals surface area (Å²) in [5.41, 5.74) is 0.817. The van der Waals surface area contributed by atoms with Crippen molar-refractivity contribution in [1.82, 2.24) is 25.4 Å². The van der Waals surface area contributed by atoms with E-state index in [-0.39, 0.29) is 35.9 Å². The molecule has 204 valence electrons. The zero-order valence-electron chi connectivity index (χ0n) is 20.9. The van der Waals surface area contributed by atoms with Crippen molar-refractivity contribution in [3.63, 3.8) is 0 Å². The van der Waals surface area contributed by atoms with Crippen LogP contribution >= 0.6 is 0 Å². The highest BCUT2D eigenvalue weighted by atomic mass is 19.4. The van der Waals surface area contributed by atoms with E-state index >= 15 is 0 Å². The molecule has 4 N–H and O–H groups in total. The molecule has 0 radical (unpaired) electrons. The molecule has 3 aromatic rings. The van der Waals surface area contributed by atoms with Crippen LogP contribution in [0.4, 0.5) is 22.0 Å². The zero-order chi connectivity index (χ0) is 27.3. The van der Waals surface area contributed by atoms with E-state index < -0.39 is 23.8 Å². The second-order valence-electron chi connectivity index (χ2n) is 10.3. The first-order valence-electron chi connectivity index (χ1n) is 12.1. The normalized spacial score (nSPS) is 19.3. The van der Waals surface area contributed by atoms with Gasteiger partial charge in [-0.05, 0) is 17.7 Å². The molecule has 5 rings (SSSR count). The Bertz CT molecular complexity index is 1360. The molecule has 0 bridgehead atoms. The third-order valence-electron chi connectivity index (χ3n) is 7.23. The number of nitrogens with two attached hydrogens (primary N) is 1. The van der Waals surface area contributed by atoms with Crippen molar-refractivity contribution in [2.75, 3.05) is 27.3 Å². The maximum absolute atomic E-state index is 13.8. The summed E-state index contributed by atoms with van der Waals surface area (Å²) < 4.78 is 73.2. The van der Waals surface area contributed by atoms with Crippen molar-refractivity contribution in [2.24, 2.45) is 10.9 Å². The number of benzene rings is 1. The Hall–Kier alpha value is -3.32. The van der Waals surface area contributed by atoms with Crippen LogP contribution in [0.25, 0.3) is 22.2 Å². The highest BCUT2D eigenvalue weighted by Gasteiger charge is 2.45. The number of alkyl halides is 5. The molecule has 0 amide bonds. The summed E-state index contributed by atoms with van der Waals surface area (Å²) >= 11 is 0. The lowest BCUT2D eigenvalue weighted by atomic mass is 9.75. The van der Waals surface area contributed by atoms with Crippen molar-refractivity contribution < 1.29 is 26.7 Å². The molecule has 13 heteroatoms. The van der Waals surface area contributed by atoms with Crippen LogP contribution in [0.5, 0.6) is 0 Å². The van der Waals surface area contributed by atoms with Gasteiger partial charge in [0, 0.05) is 62.3 Å². The van der Waals surface area contributed by atoms with Gasteiger partial charge in [-0.2, -0.15) is 23.4 Å². The molecule has 38 heavy (non-hydrogen) atoms. The van der Waals surface area contributed by atoms with Crippen molar-refractivity contribution in [2.45, 2.75) is 49.4 Å². The van der Waals surface area contributed by atoms with Crippen molar-refractivity contribution in [3.8, 4) is 11.3 Å². The second-order valence-corrected chi connectivity index (χ2v) is 10.3. The third-order valence-corrected chi connectivity index (χ3v) is 7.23. The van der Waals surface area contributed by atoms with E-state index in [0.717, 1.165) is 11.6 Å². The number of fused-ring (bicyclic) bond motifs is 1. The highest BCUT2D eigenvalue weighted by molar-refractivity contribution is 5.94. The summed E-state index contributed by atoms with van der Waals surface area (Å²) in [6, 6.07) is 7.92. The van der Waals surface area contributed by atoms with E-state index in [0.29, 0.717) is 42.2 Å². The Balaban J connectivity index is 1.51. The van der Waals surface area contributed by atoms with Crippen LogP contribution in [0, 0.1) is 0 Å². The first kappa shape index (κ1) is 26.3. The van der Waals surface area contributed by atoms with Gasteiger partial charge in [0.2, 0.25) is 0 Å². The first-order chi connectivity index (χ1) is 17.9. The smallest absolute Gasteiger partial charge is 0.379 e. The minimum atomic E-state index is -4.69. The molecule has 8 nitrogen and oxygen atoms in total. The number of amidine groups is 1. The lowest BCUT2D eigenvalue weighted by Crippen LogP contribution is -2.50. The van der Waals surface area contributed by atoms with Crippen LogP contribution in [0.2, 0.25) is 0 Å². The summed E-state index contributed by atoms with van der Waals surface area (Å²) in [7, 11) is 3.70. The van der Waals surface area contributed by atoms with Gasteiger partial charge in [-0.1, -0.05) is 18.2 Å². The van der Waals surface area contributed by atoms with Crippen LogP contribution in [-0.4, -0.2) is 65.2 Å². The number of aromatic amines is 1. The monoisotopic (exact) mass is 537 g/mol. The Kier molecular flexibility index (Phi) is 6.54. The topological polar surface area (TPSA) is 104 Å². The molecule has 1 aromatic carbocycles. The minimum Gasteiger partial charge on any atom is -0.379 e. The van der Waals surface area contributed by atoms with Crippen LogP contribution in [0.1, 0.15) is 36.2 Å². The van der Waals surface area contributed by atoms with E-state index in [1.807, 2.05) is 37.2 Å². The number of hydrogen-bond donors (Lipinski definition) is 3. The van der Waals surface area contributed by atoms with Gasteiger partial charge in [0.05, 0.1) is 24.4 Å². The molecule has 0 unspecified atom stereocenters. The molecule has 2 aliphatic rings. The molecule has 1 saturated heterocycles. The maximum atomic E-state index is 13.8. The van der Waals surface area contributed by atoms with Gasteiger partial charge in [-0.15, -0.1) is 0 Å². The van der Waals surface area contributed by atoms with E-state index in [1.165, 1.54) is 0 Å². The Morgan fingerprint density at radius 3 is 2.55 bits per heavy atom. The summed E-state index contributed by atoms with van der Waals surface area (Å²) in [4.78, 5) is 5.62. The van der Waals surface area contributed by atoms with E-state index in [9.17, 15) is 22.0 Å². The predicted molar refractivity (Wildman–Crippen MR) is 132 cm³/mol. The van der Waals surface area contributed by atoms with Gasteiger partial charge in [0.25, 0.3) is 5.92 Å². The summed E-state index contributed by atoms with van der Waals surface area (Å²) in [5.74, 6) is 3.53. The van der Waals surface area contributed by atoms with Gasteiger partial charge >= 0.3 is 6.18 Å². The fraction of sp³-hybridized carbons (Fsp3) is 0.480. The van der Waals surface area contributed by atoms with E-state index in [2.05, 4.69) is 25.6 Å². The van der Waals surface area contributed by atoms with Crippen LogP contribution < -0.4 is 11.2 Å². The van der Waals surface area contributed by atoms with Crippen LogP contribution in [-0.2, 0) is 22.9 Å². The molecule has 0 atom stereocenters. The van der Waals surface area contributed by atoms with Crippen molar-refractivity contribution in [3.05, 3.63) is 47.3 Å². The first-order valence-corrected chi connectivity index (χ1v) is 12.1. The third kappa shape index (κ3) is 4.92. The SMILES string of the molecule is CN(C)/C(CC1(c2cccc(-c3n[nH]c4c(CNC5CC(F)(F)C5)nc(C(F)(F)F)cc34)c2)COC1)=N\N. The van der Waals surface area contributed by atoms with Crippen LogP contribution in [0.3, 0.4) is 0 Å². The minimum absolute atomic E-state index is 0.0681. The molecular weight excluding hydrogens is 509 g/mol. The fourth-order valence-corrected chi connectivity index (χ4v) is 4.96. The number of hydrogen-bond acceptors (Lipinski definition) is 6. The number of nitrogens with zero attached hydrogens (tertiary/aromatic N) is 4. The molecule has 0 spiro atoms. The number of halogens is 5. The number of nitrogens with one attached hydrogen (secondary N) is 2. The number of H-pyrrole nitrogens is 1. The van der Waals surface area contributed by atoms with Gasteiger partial charge in [-0.25, -0.2) is 13.8 Å². The number of ether oxygens (including phenoxy) is 1.